The molecule has 0 saturated carbocycles. The summed E-state index contributed by atoms with van der Waals surface area (Å²) in [6, 6.07) is 25.2. The number of likely N-dealkylation sites (tertiary alicyclic amines) is 1. The van der Waals surface area contributed by atoms with Crippen LogP contribution in [-0.4, -0.2) is 36.0 Å². The van der Waals surface area contributed by atoms with Crippen LogP contribution in [0.2, 0.25) is 0 Å². The number of fused-ring (bicyclic) bond motifs is 2. The Labute approximate surface area is 188 Å². The Bertz CT molecular complexity index is 1180. The Morgan fingerprint density at radius 2 is 1.78 bits per heavy atom. The van der Waals surface area contributed by atoms with Gasteiger partial charge >= 0.3 is 0 Å². The number of hydrogen-bond donors (Lipinski definition) is 2. The standard InChI is InChI=1S/C27H26N4O/c1-28-24-10-4-9-23(13-24)27(32)30-15-19-5-2-7-21(11-19)22-8-3-6-20(12-22)17-31-18-25-14-26(31)16-29-25/h2-13,25-26,29H,14-18H2,(H,30,32)/t25-,26-/m0/s1. The van der Waals surface area contributed by atoms with Gasteiger partial charge in [0.2, 0.25) is 5.91 Å². The molecule has 3 aromatic carbocycles. The van der Waals surface area contributed by atoms with Gasteiger partial charge in [0.05, 0.1) is 6.57 Å². The summed E-state index contributed by atoms with van der Waals surface area (Å²) >= 11 is 0. The minimum absolute atomic E-state index is 0.169. The van der Waals surface area contributed by atoms with Gasteiger partial charge in [-0.05, 0) is 46.9 Å². The minimum Gasteiger partial charge on any atom is -0.348 e. The van der Waals surface area contributed by atoms with Crippen molar-refractivity contribution in [3.8, 4) is 11.1 Å². The van der Waals surface area contributed by atoms with E-state index in [2.05, 4.69) is 56.8 Å². The first-order chi connectivity index (χ1) is 15.7. The lowest BCUT2D eigenvalue weighted by molar-refractivity contribution is 0.0951. The SMILES string of the molecule is [C-]#[N+]c1cccc(C(=O)NCc2cccc(-c3cccc(CN4C[C@@H]5C[C@H]4CN5)c3)c2)c1. The Hall–Kier alpha value is -3.46. The number of nitrogens with one attached hydrogen (secondary N) is 2. The monoisotopic (exact) mass is 422 g/mol. The highest BCUT2D eigenvalue weighted by Gasteiger charge is 2.37. The molecule has 2 aliphatic rings. The molecule has 2 bridgehead atoms. The van der Waals surface area contributed by atoms with E-state index in [1.807, 2.05) is 12.1 Å². The van der Waals surface area contributed by atoms with Crippen molar-refractivity contribution in [2.75, 3.05) is 13.1 Å². The maximum atomic E-state index is 12.5. The Balaban J connectivity index is 1.26. The molecule has 2 heterocycles. The summed E-state index contributed by atoms with van der Waals surface area (Å²) in [7, 11) is 0. The van der Waals surface area contributed by atoms with Crippen molar-refractivity contribution in [1.82, 2.24) is 15.5 Å². The van der Waals surface area contributed by atoms with Crippen LogP contribution in [0.5, 0.6) is 0 Å². The number of nitrogens with zero attached hydrogens (tertiary/aromatic N) is 2. The van der Waals surface area contributed by atoms with Crippen molar-refractivity contribution in [3.63, 3.8) is 0 Å². The zero-order chi connectivity index (χ0) is 21.9. The summed E-state index contributed by atoms with van der Waals surface area (Å²) in [5.74, 6) is -0.169. The molecule has 0 unspecified atom stereocenters. The van der Waals surface area contributed by atoms with Crippen LogP contribution in [0.4, 0.5) is 5.69 Å². The van der Waals surface area contributed by atoms with E-state index >= 15 is 0 Å². The third kappa shape index (κ3) is 4.43. The molecule has 2 atom stereocenters. The van der Waals surface area contributed by atoms with Crippen molar-refractivity contribution in [1.29, 1.82) is 0 Å². The molecule has 0 aliphatic carbocycles. The smallest absolute Gasteiger partial charge is 0.250 e. The molecule has 2 N–H and O–H groups in total. The first-order valence-corrected chi connectivity index (χ1v) is 11.1. The molecule has 1 amide bonds. The van der Waals surface area contributed by atoms with E-state index in [-0.39, 0.29) is 5.91 Å². The number of amides is 1. The molecule has 2 saturated heterocycles. The normalized spacial score (nSPS) is 19.6. The zero-order valence-corrected chi connectivity index (χ0v) is 17.9. The molecule has 2 aliphatic heterocycles. The van der Waals surface area contributed by atoms with Crippen LogP contribution in [-0.2, 0) is 13.1 Å². The second kappa shape index (κ2) is 8.96. The van der Waals surface area contributed by atoms with Gasteiger partial charge in [0.25, 0.3) is 0 Å². The molecule has 32 heavy (non-hydrogen) atoms. The van der Waals surface area contributed by atoms with Crippen LogP contribution in [0.25, 0.3) is 16.0 Å². The molecular weight excluding hydrogens is 396 g/mol. The fourth-order valence-electron chi connectivity index (χ4n) is 4.79. The average molecular weight is 423 g/mol. The highest BCUT2D eigenvalue weighted by molar-refractivity contribution is 5.95. The van der Waals surface area contributed by atoms with Crippen LogP contribution in [0, 0.1) is 6.57 Å². The fourth-order valence-corrected chi connectivity index (χ4v) is 4.79. The predicted molar refractivity (Wildman–Crippen MR) is 126 cm³/mol. The van der Waals surface area contributed by atoms with Crippen molar-refractivity contribution in [2.24, 2.45) is 0 Å². The molecule has 0 radical (unpaired) electrons. The van der Waals surface area contributed by atoms with Gasteiger partial charge in [-0.15, -0.1) is 0 Å². The van der Waals surface area contributed by atoms with Crippen LogP contribution < -0.4 is 10.6 Å². The van der Waals surface area contributed by atoms with Crippen molar-refractivity contribution < 1.29 is 4.79 Å². The number of hydrogen-bond acceptors (Lipinski definition) is 3. The van der Waals surface area contributed by atoms with Crippen LogP contribution in [0.1, 0.15) is 27.9 Å². The Morgan fingerprint density at radius 1 is 1.03 bits per heavy atom. The van der Waals surface area contributed by atoms with Gasteiger partial charge in [-0.1, -0.05) is 54.6 Å². The maximum absolute atomic E-state index is 12.5. The number of benzene rings is 3. The van der Waals surface area contributed by atoms with Gasteiger partial charge in [-0.2, -0.15) is 0 Å². The van der Waals surface area contributed by atoms with E-state index < -0.39 is 0 Å². The van der Waals surface area contributed by atoms with Crippen molar-refractivity contribution >= 4 is 11.6 Å². The minimum atomic E-state index is -0.169. The summed E-state index contributed by atoms with van der Waals surface area (Å²) < 4.78 is 0. The first kappa shape index (κ1) is 20.4. The van der Waals surface area contributed by atoms with Gasteiger partial charge in [0, 0.05) is 43.8 Å². The molecule has 160 valence electrons. The summed E-state index contributed by atoms with van der Waals surface area (Å²) in [5.41, 5.74) is 5.71. The van der Waals surface area contributed by atoms with Gasteiger partial charge in [0.15, 0.2) is 5.69 Å². The second-order valence-corrected chi connectivity index (χ2v) is 8.67. The molecular formula is C27H26N4O. The predicted octanol–water partition coefficient (Wildman–Crippen LogP) is 4.38. The van der Waals surface area contributed by atoms with Gasteiger partial charge in [-0.25, -0.2) is 4.85 Å². The summed E-state index contributed by atoms with van der Waals surface area (Å²) in [5, 5.41) is 6.53. The fraction of sp³-hybridized carbons (Fsp3) is 0.259. The van der Waals surface area contributed by atoms with E-state index in [9.17, 15) is 4.79 Å². The van der Waals surface area contributed by atoms with Gasteiger partial charge < -0.3 is 10.6 Å². The lowest BCUT2D eigenvalue weighted by atomic mass is 10.0. The number of carbonyl (C=O) groups excluding carboxylic acids is 1. The van der Waals surface area contributed by atoms with E-state index in [1.165, 1.54) is 17.5 Å². The summed E-state index contributed by atoms with van der Waals surface area (Å²) in [6.45, 7) is 10.8. The molecule has 2 fully saturated rings. The number of rotatable bonds is 6. The van der Waals surface area contributed by atoms with E-state index in [1.54, 1.807) is 24.3 Å². The lowest BCUT2D eigenvalue weighted by Crippen LogP contribution is -2.42. The molecule has 5 nitrogen and oxygen atoms in total. The highest BCUT2D eigenvalue weighted by Crippen LogP contribution is 2.27. The van der Waals surface area contributed by atoms with E-state index in [0.29, 0.717) is 29.9 Å². The number of piperazine rings is 1. The maximum Gasteiger partial charge on any atom is 0.250 e. The molecule has 0 spiro atoms. The van der Waals surface area contributed by atoms with E-state index in [0.717, 1.165) is 30.8 Å². The largest absolute Gasteiger partial charge is 0.348 e. The molecule has 0 aromatic heterocycles. The highest BCUT2D eigenvalue weighted by atomic mass is 16.1. The zero-order valence-electron chi connectivity index (χ0n) is 17.9. The Morgan fingerprint density at radius 3 is 2.50 bits per heavy atom. The second-order valence-electron chi connectivity index (χ2n) is 8.67. The average Bonchev–Trinajstić information content (AvgIpc) is 3.46. The van der Waals surface area contributed by atoms with Crippen LogP contribution in [0.3, 0.4) is 0 Å². The summed E-state index contributed by atoms with van der Waals surface area (Å²) in [6.07, 6.45) is 1.27. The van der Waals surface area contributed by atoms with E-state index in [4.69, 9.17) is 6.57 Å². The quantitative estimate of drug-likeness (QED) is 0.580. The molecule has 5 rings (SSSR count). The van der Waals surface area contributed by atoms with Crippen molar-refractivity contribution in [2.45, 2.75) is 31.6 Å². The molecule has 3 aromatic rings. The summed E-state index contributed by atoms with van der Waals surface area (Å²) in [4.78, 5) is 18.5. The Kier molecular flexibility index (Phi) is 5.72. The van der Waals surface area contributed by atoms with Crippen molar-refractivity contribution in [3.05, 3.63) is 101 Å². The van der Waals surface area contributed by atoms with Gasteiger partial charge in [-0.3, -0.25) is 9.69 Å². The third-order valence-electron chi connectivity index (χ3n) is 6.43. The van der Waals surface area contributed by atoms with Crippen LogP contribution in [0.15, 0.2) is 72.8 Å². The topological polar surface area (TPSA) is 48.7 Å². The number of carbonyl (C=O) groups is 1. The van der Waals surface area contributed by atoms with Crippen LogP contribution >= 0.6 is 0 Å². The third-order valence-corrected chi connectivity index (χ3v) is 6.43. The lowest BCUT2D eigenvalue weighted by Gasteiger charge is -2.27. The van der Waals surface area contributed by atoms with Gasteiger partial charge in [0.1, 0.15) is 0 Å². The first-order valence-electron chi connectivity index (χ1n) is 11.1. The molecule has 5 heteroatoms.